The van der Waals surface area contributed by atoms with E-state index in [2.05, 4.69) is 25.5 Å². The summed E-state index contributed by atoms with van der Waals surface area (Å²) in [5.41, 5.74) is 10.3. The Bertz CT molecular complexity index is 1260. The number of nitrogens with zero attached hydrogens (tertiary/aromatic N) is 4. The van der Waals surface area contributed by atoms with E-state index in [-0.39, 0.29) is 11.9 Å². The minimum Gasteiger partial charge on any atom is -0.382 e. The Labute approximate surface area is 192 Å². The van der Waals surface area contributed by atoms with Gasteiger partial charge in [-0.25, -0.2) is 9.97 Å². The molecule has 164 valence electrons. The van der Waals surface area contributed by atoms with Crippen LogP contribution in [0.5, 0.6) is 0 Å². The number of carbonyl (C=O) groups excluding carboxylic acids is 1. The predicted octanol–water partition coefficient (Wildman–Crippen LogP) is 5.50. The number of nitrogen functional groups attached to an aromatic ring is 1. The molecule has 0 bridgehead atoms. The Kier molecular flexibility index (Phi) is 6.80. The van der Waals surface area contributed by atoms with Crippen molar-refractivity contribution in [3.05, 3.63) is 108 Å². The number of nitrogens with two attached hydrogens (primary N) is 1. The molecule has 1 unspecified atom stereocenters. The van der Waals surface area contributed by atoms with Crippen LogP contribution in [0, 0.1) is 0 Å². The van der Waals surface area contributed by atoms with Crippen molar-refractivity contribution in [2.75, 3.05) is 5.73 Å². The van der Waals surface area contributed by atoms with Gasteiger partial charge in [-0.1, -0.05) is 60.7 Å². The van der Waals surface area contributed by atoms with Crippen LogP contribution in [0.4, 0.5) is 11.5 Å². The molecule has 1 amide bonds. The fraction of sp³-hybridized carbons (Fsp3) is 0.115. The van der Waals surface area contributed by atoms with E-state index in [4.69, 9.17) is 5.73 Å². The van der Waals surface area contributed by atoms with E-state index in [1.807, 2.05) is 79.7 Å². The van der Waals surface area contributed by atoms with Crippen LogP contribution in [0.1, 0.15) is 34.6 Å². The lowest BCUT2D eigenvalue weighted by atomic mass is 10.1. The highest BCUT2D eigenvalue weighted by atomic mass is 16.1. The van der Waals surface area contributed by atoms with Crippen molar-refractivity contribution in [3.8, 4) is 11.3 Å². The minimum atomic E-state index is -0.380. The summed E-state index contributed by atoms with van der Waals surface area (Å²) < 4.78 is 0. The second-order valence-electron chi connectivity index (χ2n) is 7.50. The monoisotopic (exact) mass is 436 g/mol. The van der Waals surface area contributed by atoms with Crippen molar-refractivity contribution in [2.24, 2.45) is 10.2 Å². The Morgan fingerprint density at radius 1 is 1.00 bits per heavy atom. The van der Waals surface area contributed by atoms with Gasteiger partial charge in [0.05, 0.1) is 17.6 Å². The first-order chi connectivity index (χ1) is 16.1. The highest BCUT2D eigenvalue weighted by Crippen LogP contribution is 2.26. The van der Waals surface area contributed by atoms with Crippen LogP contribution in [0.15, 0.2) is 101 Å². The molecule has 0 saturated carbocycles. The number of amides is 1. The predicted molar refractivity (Wildman–Crippen MR) is 129 cm³/mol. The molecule has 1 atom stereocenters. The third-order valence-electron chi connectivity index (χ3n) is 5.04. The summed E-state index contributed by atoms with van der Waals surface area (Å²) in [7, 11) is 0. The van der Waals surface area contributed by atoms with Crippen molar-refractivity contribution < 1.29 is 4.79 Å². The Morgan fingerprint density at radius 3 is 2.48 bits per heavy atom. The molecule has 0 saturated heterocycles. The van der Waals surface area contributed by atoms with Crippen molar-refractivity contribution >= 4 is 17.4 Å². The molecule has 0 radical (unpaired) electrons. The second-order valence-corrected chi connectivity index (χ2v) is 7.50. The normalized spacial score (nSPS) is 11.9. The van der Waals surface area contributed by atoms with E-state index in [0.29, 0.717) is 29.3 Å². The minimum absolute atomic E-state index is 0.158. The first-order valence-electron chi connectivity index (χ1n) is 10.6. The average Bonchev–Trinajstić information content (AvgIpc) is 2.87. The Hall–Kier alpha value is -4.39. The van der Waals surface area contributed by atoms with E-state index >= 15 is 0 Å². The van der Waals surface area contributed by atoms with Gasteiger partial charge in [0.2, 0.25) is 0 Å². The molecule has 4 aromatic rings. The molecule has 0 spiro atoms. The van der Waals surface area contributed by atoms with Crippen LogP contribution < -0.4 is 11.1 Å². The highest BCUT2D eigenvalue weighted by Gasteiger charge is 2.14. The maximum atomic E-state index is 12.7. The van der Waals surface area contributed by atoms with Gasteiger partial charge < -0.3 is 11.1 Å². The number of nitrogens with one attached hydrogen (secondary N) is 1. The number of aromatic nitrogens is 2. The summed E-state index contributed by atoms with van der Waals surface area (Å²) in [5, 5.41) is 11.5. The quantitative estimate of drug-likeness (QED) is 0.373. The van der Waals surface area contributed by atoms with Crippen molar-refractivity contribution in [1.82, 2.24) is 15.3 Å². The van der Waals surface area contributed by atoms with Crippen LogP contribution in [0.3, 0.4) is 0 Å². The van der Waals surface area contributed by atoms with Gasteiger partial charge in [-0.05, 0) is 36.8 Å². The summed E-state index contributed by atoms with van der Waals surface area (Å²) in [6.07, 6.45) is 1.60. The van der Waals surface area contributed by atoms with Crippen LogP contribution in [0.25, 0.3) is 11.3 Å². The smallest absolute Gasteiger partial charge is 0.251 e. The number of rotatable bonds is 7. The second kappa shape index (κ2) is 10.3. The summed E-state index contributed by atoms with van der Waals surface area (Å²) >= 11 is 0. The molecule has 33 heavy (non-hydrogen) atoms. The van der Waals surface area contributed by atoms with E-state index in [1.54, 1.807) is 18.3 Å². The molecule has 0 aliphatic rings. The third kappa shape index (κ3) is 5.65. The molecule has 1 aromatic heterocycles. The van der Waals surface area contributed by atoms with Gasteiger partial charge >= 0.3 is 0 Å². The van der Waals surface area contributed by atoms with Gasteiger partial charge in [0.1, 0.15) is 17.6 Å². The standard InChI is InChI=1S/C26H24N6O/c1-18(31-32-22-13-6-3-7-14-22)24-25(27)28-17-23(30-24)20-11-8-12-21(15-20)26(33)29-16-19-9-4-2-5-10-19/h2-15,17-18H,16H2,1H3,(H2,27,28)(H,29,33). The van der Waals surface area contributed by atoms with Crippen molar-refractivity contribution in [3.63, 3.8) is 0 Å². The topological polar surface area (TPSA) is 106 Å². The first kappa shape index (κ1) is 21.8. The van der Waals surface area contributed by atoms with Gasteiger partial charge in [0.15, 0.2) is 0 Å². The molecule has 1 heterocycles. The number of hydrogen-bond acceptors (Lipinski definition) is 6. The molecule has 7 nitrogen and oxygen atoms in total. The summed E-state index contributed by atoms with van der Waals surface area (Å²) in [6.45, 7) is 2.32. The van der Waals surface area contributed by atoms with E-state index in [9.17, 15) is 4.79 Å². The fourth-order valence-electron chi connectivity index (χ4n) is 3.26. The SMILES string of the molecule is CC(N=Nc1ccccc1)c1nc(-c2cccc(C(=O)NCc3ccccc3)c2)cnc1N. The fourth-order valence-corrected chi connectivity index (χ4v) is 3.26. The van der Waals surface area contributed by atoms with Crippen LogP contribution in [-0.4, -0.2) is 15.9 Å². The van der Waals surface area contributed by atoms with E-state index in [1.165, 1.54) is 0 Å². The van der Waals surface area contributed by atoms with Crippen molar-refractivity contribution in [2.45, 2.75) is 19.5 Å². The van der Waals surface area contributed by atoms with Crippen LogP contribution in [0.2, 0.25) is 0 Å². The number of hydrogen-bond donors (Lipinski definition) is 2. The lowest BCUT2D eigenvalue weighted by Gasteiger charge is -2.11. The molecule has 0 aliphatic heterocycles. The van der Waals surface area contributed by atoms with Gasteiger partial charge in [0.25, 0.3) is 5.91 Å². The number of azo groups is 1. The van der Waals surface area contributed by atoms with Crippen LogP contribution in [-0.2, 0) is 6.54 Å². The zero-order chi connectivity index (χ0) is 23.0. The maximum absolute atomic E-state index is 12.7. The Morgan fingerprint density at radius 2 is 1.73 bits per heavy atom. The largest absolute Gasteiger partial charge is 0.382 e. The van der Waals surface area contributed by atoms with Gasteiger partial charge in [-0.2, -0.15) is 10.2 Å². The molecular formula is C26H24N6O. The summed E-state index contributed by atoms with van der Waals surface area (Å²) in [5.74, 6) is 0.143. The number of benzene rings is 3. The number of carbonyl (C=O) groups is 1. The first-order valence-corrected chi connectivity index (χ1v) is 10.6. The third-order valence-corrected chi connectivity index (χ3v) is 5.04. The van der Waals surface area contributed by atoms with Gasteiger partial charge in [-0.15, -0.1) is 0 Å². The molecule has 3 aromatic carbocycles. The number of anilines is 1. The lowest BCUT2D eigenvalue weighted by Crippen LogP contribution is -2.22. The Balaban J connectivity index is 1.52. The molecular weight excluding hydrogens is 412 g/mol. The van der Waals surface area contributed by atoms with Crippen LogP contribution >= 0.6 is 0 Å². The molecule has 3 N–H and O–H groups in total. The van der Waals surface area contributed by atoms with E-state index in [0.717, 1.165) is 16.8 Å². The summed E-state index contributed by atoms with van der Waals surface area (Å²) in [4.78, 5) is 21.6. The molecule has 0 aliphatic carbocycles. The zero-order valence-electron chi connectivity index (χ0n) is 18.2. The van der Waals surface area contributed by atoms with Crippen molar-refractivity contribution in [1.29, 1.82) is 0 Å². The van der Waals surface area contributed by atoms with E-state index < -0.39 is 0 Å². The molecule has 4 rings (SSSR count). The summed E-state index contributed by atoms with van der Waals surface area (Å²) in [6, 6.07) is 26.1. The molecule has 0 fully saturated rings. The molecule has 7 heteroatoms. The average molecular weight is 437 g/mol. The zero-order valence-corrected chi connectivity index (χ0v) is 18.2. The van der Waals surface area contributed by atoms with Gasteiger partial charge in [0, 0.05) is 17.7 Å². The lowest BCUT2D eigenvalue weighted by molar-refractivity contribution is 0.0951. The maximum Gasteiger partial charge on any atom is 0.251 e. The highest BCUT2D eigenvalue weighted by molar-refractivity contribution is 5.95. The van der Waals surface area contributed by atoms with Gasteiger partial charge in [-0.3, -0.25) is 4.79 Å².